The van der Waals surface area contributed by atoms with Crippen LogP contribution < -0.4 is 4.74 Å². The molecule has 0 bridgehead atoms. The lowest BCUT2D eigenvalue weighted by molar-refractivity contribution is -0.153. The van der Waals surface area contributed by atoms with Crippen LogP contribution in [0.4, 0.5) is 0 Å². The van der Waals surface area contributed by atoms with E-state index in [1.54, 1.807) is 43.3 Å². The monoisotopic (exact) mass is 337 g/mol. The summed E-state index contributed by atoms with van der Waals surface area (Å²) in [7, 11) is 0. The number of nitrogens with zero attached hydrogens (tertiary/aromatic N) is 1. The van der Waals surface area contributed by atoms with Crippen LogP contribution in [0.1, 0.15) is 35.3 Å². The second-order valence-electron chi connectivity index (χ2n) is 5.71. The number of hydrogen-bond donors (Lipinski definition) is 0. The summed E-state index contributed by atoms with van der Waals surface area (Å²) in [4.78, 5) is 24.4. The number of ketones is 1. The van der Waals surface area contributed by atoms with Crippen molar-refractivity contribution in [3.8, 4) is 11.8 Å². The fourth-order valence-electron chi connectivity index (χ4n) is 2.14. The van der Waals surface area contributed by atoms with Crippen LogP contribution in [0, 0.1) is 18.3 Å². The quantitative estimate of drug-likeness (QED) is 0.596. The molecule has 0 amide bonds. The first-order valence-electron chi connectivity index (χ1n) is 7.89. The summed E-state index contributed by atoms with van der Waals surface area (Å²) >= 11 is 0. The van der Waals surface area contributed by atoms with Gasteiger partial charge in [-0.3, -0.25) is 4.79 Å². The Kier molecular flexibility index (Phi) is 5.91. The highest BCUT2D eigenvalue weighted by Gasteiger charge is 2.24. The number of carbonyl (C=O) groups is 2. The van der Waals surface area contributed by atoms with E-state index in [0.29, 0.717) is 16.9 Å². The molecule has 2 rings (SSSR count). The van der Waals surface area contributed by atoms with Crippen molar-refractivity contribution in [2.45, 2.75) is 33.0 Å². The Morgan fingerprint density at radius 3 is 2.12 bits per heavy atom. The highest BCUT2D eigenvalue weighted by molar-refractivity contribution is 6.00. The molecule has 128 valence electrons. The van der Waals surface area contributed by atoms with E-state index in [1.165, 1.54) is 6.92 Å². The standard InChI is InChI=1S/C20H19NO4/c1-13-4-8-17(9-5-13)19(22)14(2)25-20(23)15(3)24-18-10-6-16(12-21)7-11-18/h4-11,14-15H,1-3H3/t14-,15+/m0/s1. The molecule has 0 spiro atoms. The Morgan fingerprint density at radius 2 is 1.56 bits per heavy atom. The third-order valence-electron chi connectivity index (χ3n) is 3.63. The zero-order valence-electron chi connectivity index (χ0n) is 14.4. The second kappa shape index (κ2) is 8.11. The van der Waals surface area contributed by atoms with Gasteiger partial charge in [-0.2, -0.15) is 5.26 Å². The maximum Gasteiger partial charge on any atom is 0.347 e. The molecule has 0 aliphatic heterocycles. The van der Waals surface area contributed by atoms with Gasteiger partial charge >= 0.3 is 5.97 Å². The summed E-state index contributed by atoms with van der Waals surface area (Å²) in [6.07, 6.45) is -1.77. The van der Waals surface area contributed by atoms with Crippen LogP contribution in [-0.2, 0) is 9.53 Å². The molecule has 0 fully saturated rings. The van der Waals surface area contributed by atoms with Crippen LogP contribution in [-0.4, -0.2) is 24.0 Å². The van der Waals surface area contributed by atoms with Crippen molar-refractivity contribution in [1.82, 2.24) is 0 Å². The van der Waals surface area contributed by atoms with Gasteiger partial charge in [0.25, 0.3) is 0 Å². The van der Waals surface area contributed by atoms with Crippen molar-refractivity contribution in [2.24, 2.45) is 0 Å². The molecule has 2 aromatic rings. The highest BCUT2D eigenvalue weighted by Crippen LogP contribution is 2.15. The SMILES string of the molecule is Cc1ccc(C(=O)[C@H](C)OC(=O)[C@@H](C)Oc2ccc(C#N)cc2)cc1. The fourth-order valence-corrected chi connectivity index (χ4v) is 2.14. The molecule has 0 aliphatic carbocycles. The molecule has 5 heteroatoms. The molecule has 2 atom stereocenters. The van der Waals surface area contributed by atoms with E-state index in [-0.39, 0.29) is 5.78 Å². The van der Waals surface area contributed by atoms with Crippen molar-refractivity contribution >= 4 is 11.8 Å². The Hall–Kier alpha value is -3.13. The second-order valence-corrected chi connectivity index (χ2v) is 5.71. The minimum absolute atomic E-state index is 0.265. The smallest absolute Gasteiger partial charge is 0.347 e. The summed E-state index contributed by atoms with van der Waals surface area (Å²) < 4.78 is 10.7. The number of nitriles is 1. The predicted molar refractivity (Wildman–Crippen MR) is 92.3 cm³/mol. The maximum atomic E-state index is 12.3. The van der Waals surface area contributed by atoms with E-state index >= 15 is 0 Å². The molecule has 0 heterocycles. The first kappa shape index (κ1) is 18.2. The molecule has 25 heavy (non-hydrogen) atoms. The number of esters is 1. The molecule has 0 saturated heterocycles. The Bertz CT molecular complexity index is 788. The van der Waals surface area contributed by atoms with Crippen molar-refractivity contribution in [3.05, 3.63) is 65.2 Å². The highest BCUT2D eigenvalue weighted by atomic mass is 16.6. The van der Waals surface area contributed by atoms with Crippen LogP contribution in [0.2, 0.25) is 0 Å². The van der Waals surface area contributed by atoms with E-state index in [9.17, 15) is 9.59 Å². The largest absolute Gasteiger partial charge is 0.479 e. The number of Topliss-reactive ketones (excluding diaryl/α,β-unsaturated/α-hetero) is 1. The van der Waals surface area contributed by atoms with E-state index in [2.05, 4.69) is 0 Å². The van der Waals surface area contributed by atoms with Gasteiger partial charge < -0.3 is 9.47 Å². The molecule has 0 saturated carbocycles. The van der Waals surface area contributed by atoms with Gasteiger partial charge in [0, 0.05) is 5.56 Å². The molecule has 5 nitrogen and oxygen atoms in total. The van der Waals surface area contributed by atoms with Crippen LogP contribution in [0.25, 0.3) is 0 Å². The van der Waals surface area contributed by atoms with Crippen molar-refractivity contribution in [1.29, 1.82) is 5.26 Å². The summed E-state index contributed by atoms with van der Waals surface area (Å²) in [5.41, 5.74) is 2.04. The first-order valence-corrected chi connectivity index (χ1v) is 7.89. The van der Waals surface area contributed by atoms with Gasteiger partial charge in [0.05, 0.1) is 11.6 Å². The van der Waals surface area contributed by atoms with Crippen molar-refractivity contribution in [3.63, 3.8) is 0 Å². The average molecular weight is 337 g/mol. The number of carbonyl (C=O) groups excluding carboxylic acids is 2. The van der Waals surface area contributed by atoms with Gasteiger partial charge in [-0.15, -0.1) is 0 Å². The number of hydrogen-bond acceptors (Lipinski definition) is 5. The summed E-state index contributed by atoms with van der Waals surface area (Å²) in [5, 5.41) is 8.76. The van der Waals surface area contributed by atoms with Crippen LogP contribution in [0.3, 0.4) is 0 Å². The first-order chi connectivity index (χ1) is 11.9. The summed E-state index contributed by atoms with van der Waals surface area (Å²) in [6.45, 7) is 5.01. The zero-order chi connectivity index (χ0) is 18.4. The number of rotatable bonds is 6. The topological polar surface area (TPSA) is 76.4 Å². The fraction of sp³-hybridized carbons (Fsp3) is 0.250. The third-order valence-corrected chi connectivity index (χ3v) is 3.63. The number of ether oxygens (including phenoxy) is 2. The zero-order valence-corrected chi connectivity index (χ0v) is 14.4. The minimum Gasteiger partial charge on any atom is -0.479 e. The maximum absolute atomic E-state index is 12.3. The van der Waals surface area contributed by atoms with Crippen LogP contribution in [0.15, 0.2) is 48.5 Å². The molecule has 0 radical (unpaired) electrons. The predicted octanol–water partition coefficient (Wildman–Crippen LogP) is 3.45. The Labute approximate surface area is 146 Å². The van der Waals surface area contributed by atoms with Gasteiger partial charge in [0.2, 0.25) is 5.78 Å². The molecule has 0 aromatic heterocycles. The molecular weight excluding hydrogens is 318 g/mol. The van der Waals surface area contributed by atoms with Crippen molar-refractivity contribution < 1.29 is 19.1 Å². The van der Waals surface area contributed by atoms with E-state index < -0.39 is 18.2 Å². The summed E-state index contributed by atoms with van der Waals surface area (Å²) in [6, 6.07) is 15.5. The van der Waals surface area contributed by atoms with E-state index in [4.69, 9.17) is 14.7 Å². The minimum atomic E-state index is -0.901. The molecular formula is C20H19NO4. The normalized spacial score (nSPS) is 12.6. The van der Waals surface area contributed by atoms with E-state index in [0.717, 1.165) is 5.56 Å². The Morgan fingerprint density at radius 1 is 0.960 bits per heavy atom. The van der Waals surface area contributed by atoms with E-state index in [1.807, 2.05) is 25.1 Å². The lowest BCUT2D eigenvalue weighted by atomic mass is 10.1. The van der Waals surface area contributed by atoms with Crippen LogP contribution in [0.5, 0.6) is 5.75 Å². The lowest BCUT2D eigenvalue weighted by Crippen LogP contribution is -2.32. The average Bonchev–Trinajstić information content (AvgIpc) is 2.62. The molecule has 0 N–H and O–H groups in total. The molecule has 0 aliphatic rings. The van der Waals surface area contributed by atoms with Gasteiger partial charge in [-0.05, 0) is 45.0 Å². The summed E-state index contributed by atoms with van der Waals surface area (Å²) in [5.74, 6) is -0.447. The van der Waals surface area contributed by atoms with Gasteiger partial charge in [0.15, 0.2) is 12.2 Å². The molecule has 0 unspecified atom stereocenters. The van der Waals surface area contributed by atoms with Gasteiger partial charge in [0.1, 0.15) is 5.75 Å². The van der Waals surface area contributed by atoms with Gasteiger partial charge in [-0.1, -0.05) is 29.8 Å². The number of benzene rings is 2. The third kappa shape index (κ3) is 4.92. The number of aryl methyl sites for hydroxylation is 1. The Balaban J connectivity index is 1.94. The lowest BCUT2D eigenvalue weighted by Gasteiger charge is -2.17. The van der Waals surface area contributed by atoms with Crippen molar-refractivity contribution in [2.75, 3.05) is 0 Å². The van der Waals surface area contributed by atoms with Gasteiger partial charge in [-0.25, -0.2) is 4.79 Å². The molecule has 2 aromatic carbocycles. The van der Waals surface area contributed by atoms with Crippen LogP contribution >= 0.6 is 0 Å².